The molecule has 0 aliphatic rings. The summed E-state index contributed by atoms with van der Waals surface area (Å²) in [5, 5.41) is 0.676. The van der Waals surface area contributed by atoms with Gasteiger partial charge in [0.1, 0.15) is 5.75 Å². The summed E-state index contributed by atoms with van der Waals surface area (Å²) in [6, 6.07) is 5.41. The topological polar surface area (TPSA) is 26.3 Å². The molecular formula is C10H10Br2O2. The van der Waals surface area contributed by atoms with Gasteiger partial charge in [-0.15, -0.1) is 0 Å². The number of rotatable bonds is 4. The van der Waals surface area contributed by atoms with Crippen LogP contribution in [0.5, 0.6) is 5.75 Å². The molecule has 0 fully saturated rings. The van der Waals surface area contributed by atoms with E-state index in [1.165, 1.54) is 0 Å². The second-order valence-corrected chi connectivity index (χ2v) is 4.27. The van der Waals surface area contributed by atoms with Crippen molar-refractivity contribution in [2.24, 2.45) is 0 Å². The van der Waals surface area contributed by atoms with Gasteiger partial charge in [-0.25, -0.2) is 0 Å². The van der Waals surface area contributed by atoms with E-state index in [1.54, 1.807) is 13.2 Å². The summed E-state index contributed by atoms with van der Waals surface area (Å²) in [6.45, 7) is 0. The second kappa shape index (κ2) is 5.51. The predicted octanol–water partition coefficient (Wildman–Crippen LogP) is 3.43. The van der Waals surface area contributed by atoms with Gasteiger partial charge in [-0.05, 0) is 28.1 Å². The highest BCUT2D eigenvalue weighted by Crippen LogP contribution is 2.29. The van der Waals surface area contributed by atoms with Crippen molar-refractivity contribution in [3.8, 4) is 5.75 Å². The first-order valence-electron chi connectivity index (χ1n) is 4.12. The number of halogens is 2. The molecule has 1 aromatic rings. The van der Waals surface area contributed by atoms with Crippen molar-refractivity contribution in [2.45, 2.75) is 6.42 Å². The van der Waals surface area contributed by atoms with Gasteiger partial charge in [-0.2, -0.15) is 0 Å². The molecule has 0 saturated heterocycles. The van der Waals surface area contributed by atoms with Gasteiger partial charge >= 0.3 is 0 Å². The number of hydrogen-bond acceptors (Lipinski definition) is 2. The molecule has 0 spiro atoms. The van der Waals surface area contributed by atoms with Crippen LogP contribution < -0.4 is 4.74 Å². The van der Waals surface area contributed by atoms with Gasteiger partial charge in [0.15, 0.2) is 5.78 Å². The van der Waals surface area contributed by atoms with Crippen molar-refractivity contribution in [2.75, 3.05) is 12.4 Å². The van der Waals surface area contributed by atoms with E-state index in [2.05, 4.69) is 31.9 Å². The molecule has 0 amide bonds. The number of benzene rings is 1. The Bertz CT molecular complexity index is 337. The van der Waals surface area contributed by atoms with Crippen molar-refractivity contribution in [1.82, 2.24) is 0 Å². The molecule has 1 aromatic carbocycles. The van der Waals surface area contributed by atoms with E-state index in [-0.39, 0.29) is 5.78 Å². The maximum atomic E-state index is 11.6. The van der Waals surface area contributed by atoms with Crippen LogP contribution in [-0.4, -0.2) is 18.2 Å². The molecule has 0 saturated carbocycles. The first-order chi connectivity index (χ1) is 6.70. The number of hydrogen-bond donors (Lipinski definition) is 0. The Morgan fingerprint density at radius 2 is 2.21 bits per heavy atom. The summed E-state index contributed by atoms with van der Waals surface area (Å²) in [6.07, 6.45) is 0.492. The van der Waals surface area contributed by atoms with Crippen molar-refractivity contribution in [3.05, 3.63) is 28.2 Å². The Labute approximate surface area is 99.9 Å². The zero-order chi connectivity index (χ0) is 10.6. The minimum absolute atomic E-state index is 0.104. The van der Waals surface area contributed by atoms with E-state index in [1.807, 2.05) is 12.1 Å². The summed E-state index contributed by atoms with van der Waals surface area (Å²) < 4.78 is 5.83. The van der Waals surface area contributed by atoms with E-state index in [9.17, 15) is 4.79 Å². The quantitative estimate of drug-likeness (QED) is 0.627. The fourth-order valence-corrected chi connectivity index (χ4v) is 2.11. The molecule has 1 rings (SSSR count). The van der Waals surface area contributed by atoms with Crippen LogP contribution in [0.3, 0.4) is 0 Å². The van der Waals surface area contributed by atoms with Gasteiger partial charge < -0.3 is 4.74 Å². The lowest BCUT2D eigenvalue weighted by Gasteiger charge is -2.06. The zero-order valence-corrected chi connectivity index (χ0v) is 10.9. The van der Waals surface area contributed by atoms with Crippen molar-refractivity contribution in [3.63, 3.8) is 0 Å². The average molecular weight is 322 g/mol. The van der Waals surface area contributed by atoms with Gasteiger partial charge in [0.25, 0.3) is 0 Å². The molecule has 0 aliphatic heterocycles. The van der Waals surface area contributed by atoms with Gasteiger partial charge in [-0.3, -0.25) is 4.79 Å². The summed E-state index contributed by atoms with van der Waals surface area (Å²) in [5.41, 5.74) is 0.670. The SMILES string of the molecule is COc1cccc(C(=O)CCBr)c1Br. The van der Waals surface area contributed by atoms with Gasteiger partial charge in [0.05, 0.1) is 11.6 Å². The van der Waals surface area contributed by atoms with Crippen molar-refractivity contribution in [1.29, 1.82) is 0 Å². The highest BCUT2D eigenvalue weighted by molar-refractivity contribution is 9.10. The number of Topliss-reactive ketones (excluding diaryl/α,β-unsaturated/α-hetero) is 1. The van der Waals surface area contributed by atoms with Crippen LogP contribution in [0.15, 0.2) is 22.7 Å². The van der Waals surface area contributed by atoms with Crippen LogP contribution in [0, 0.1) is 0 Å². The first-order valence-corrected chi connectivity index (χ1v) is 6.03. The highest BCUT2D eigenvalue weighted by Gasteiger charge is 2.12. The van der Waals surface area contributed by atoms with Crippen molar-refractivity contribution < 1.29 is 9.53 Å². The molecule has 76 valence electrons. The van der Waals surface area contributed by atoms with Crippen LogP contribution in [0.25, 0.3) is 0 Å². The third-order valence-corrected chi connectivity index (χ3v) is 3.02. The monoisotopic (exact) mass is 320 g/mol. The number of ether oxygens (including phenoxy) is 1. The van der Waals surface area contributed by atoms with Crippen LogP contribution in [0.1, 0.15) is 16.8 Å². The largest absolute Gasteiger partial charge is 0.496 e. The number of carbonyl (C=O) groups excluding carboxylic acids is 1. The summed E-state index contributed by atoms with van der Waals surface area (Å²) >= 11 is 6.59. The standard InChI is InChI=1S/C10H10Br2O2/c1-14-9-4-2-3-7(10(9)12)8(13)5-6-11/h2-4H,5-6H2,1H3. The van der Waals surface area contributed by atoms with Crippen LogP contribution >= 0.6 is 31.9 Å². The maximum Gasteiger partial charge on any atom is 0.164 e. The molecule has 0 aromatic heterocycles. The van der Waals surface area contributed by atoms with Gasteiger partial charge in [-0.1, -0.05) is 22.0 Å². The second-order valence-electron chi connectivity index (χ2n) is 2.68. The van der Waals surface area contributed by atoms with E-state index >= 15 is 0 Å². The fourth-order valence-electron chi connectivity index (χ4n) is 1.10. The fraction of sp³-hybridized carbons (Fsp3) is 0.300. The molecule has 0 N–H and O–H groups in total. The first kappa shape index (κ1) is 11.7. The van der Waals surface area contributed by atoms with Gasteiger partial charge in [0, 0.05) is 17.3 Å². The Hall–Kier alpha value is -0.350. The van der Waals surface area contributed by atoms with Crippen LogP contribution in [-0.2, 0) is 0 Å². The van der Waals surface area contributed by atoms with Gasteiger partial charge in [0.2, 0.25) is 0 Å². The van der Waals surface area contributed by atoms with E-state index < -0.39 is 0 Å². The summed E-state index contributed by atoms with van der Waals surface area (Å²) in [5.74, 6) is 0.790. The number of alkyl halides is 1. The van der Waals surface area contributed by atoms with Crippen molar-refractivity contribution >= 4 is 37.6 Å². The molecule has 0 unspecified atom stereocenters. The highest BCUT2D eigenvalue weighted by atomic mass is 79.9. The lowest BCUT2D eigenvalue weighted by Crippen LogP contribution is -2.01. The Morgan fingerprint density at radius 1 is 1.50 bits per heavy atom. The smallest absolute Gasteiger partial charge is 0.164 e. The minimum Gasteiger partial charge on any atom is -0.496 e. The number of methoxy groups -OCH3 is 1. The molecule has 4 heteroatoms. The van der Waals surface area contributed by atoms with E-state index in [0.717, 1.165) is 4.47 Å². The predicted molar refractivity (Wildman–Crippen MR) is 63.4 cm³/mol. The molecule has 0 bridgehead atoms. The van der Waals surface area contributed by atoms with Crippen LogP contribution in [0.2, 0.25) is 0 Å². The number of ketones is 1. The molecule has 0 radical (unpaired) electrons. The minimum atomic E-state index is 0.104. The Kier molecular flexibility index (Phi) is 4.62. The third kappa shape index (κ3) is 2.58. The molecule has 0 aliphatic carbocycles. The normalized spacial score (nSPS) is 9.93. The molecule has 0 heterocycles. The molecule has 0 atom stereocenters. The molecule has 14 heavy (non-hydrogen) atoms. The molecule has 2 nitrogen and oxygen atoms in total. The Balaban J connectivity index is 3.03. The lowest BCUT2D eigenvalue weighted by molar-refractivity contribution is 0.0988. The van der Waals surface area contributed by atoms with E-state index in [4.69, 9.17) is 4.74 Å². The summed E-state index contributed by atoms with van der Waals surface area (Å²) in [7, 11) is 1.58. The van der Waals surface area contributed by atoms with Crippen LogP contribution in [0.4, 0.5) is 0 Å². The maximum absolute atomic E-state index is 11.6. The Morgan fingerprint density at radius 3 is 2.79 bits per heavy atom. The zero-order valence-electron chi connectivity index (χ0n) is 7.72. The summed E-state index contributed by atoms with van der Waals surface area (Å²) in [4.78, 5) is 11.6. The molecular weight excluding hydrogens is 312 g/mol. The third-order valence-electron chi connectivity index (χ3n) is 1.81. The lowest BCUT2D eigenvalue weighted by atomic mass is 10.1. The number of carbonyl (C=O) groups is 1. The van der Waals surface area contributed by atoms with E-state index in [0.29, 0.717) is 23.1 Å². The average Bonchev–Trinajstić information content (AvgIpc) is 2.18.